The molecule has 0 bridgehead atoms. The van der Waals surface area contributed by atoms with Crippen LogP contribution in [-0.2, 0) is 13.5 Å². The van der Waals surface area contributed by atoms with E-state index in [1.165, 1.54) is 11.1 Å². The molecular formula is C17H18Cl2Ru-2. The summed E-state index contributed by atoms with van der Waals surface area (Å²) in [7, 11) is 11.8. The van der Waals surface area contributed by atoms with Gasteiger partial charge in [0.05, 0.1) is 0 Å². The zero-order chi connectivity index (χ0) is 12.8. The topological polar surface area (TPSA) is 0 Å². The van der Waals surface area contributed by atoms with Gasteiger partial charge in [-0.15, -0.1) is 0 Å². The van der Waals surface area contributed by atoms with Crippen LogP contribution in [0.25, 0.3) is 5.57 Å². The van der Waals surface area contributed by atoms with E-state index >= 15 is 0 Å². The molecule has 0 aliphatic heterocycles. The first-order valence-corrected chi connectivity index (χ1v) is 10.9. The number of rotatable bonds is 3. The first-order chi connectivity index (χ1) is 8.77. The fourth-order valence-corrected chi connectivity index (χ4v) is 2.73. The molecule has 0 N–H and O–H groups in total. The van der Waals surface area contributed by atoms with Crippen LogP contribution >= 0.6 is 19.4 Å². The molecule has 2 aromatic carbocycles. The van der Waals surface area contributed by atoms with E-state index in [1.807, 2.05) is 47.1 Å². The van der Waals surface area contributed by atoms with E-state index in [4.69, 9.17) is 19.4 Å². The van der Waals surface area contributed by atoms with E-state index in [1.54, 1.807) is 0 Å². The number of allylic oxidation sites excluding steroid dienone is 1. The number of hydrogen-bond donors (Lipinski definition) is 0. The Hall–Kier alpha value is -0.747. The normalized spacial score (nSPS) is 9.60. The third-order valence-electron chi connectivity index (χ3n) is 2.48. The Kier molecular flexibility index (Phi) is 9.67. The van der Waals surface area contributed by atoms with Gasteiger partial charge in [0.15, 0.2) is 0 Å². The molecule has 0 unspecified atom stereocenters. The van der Waals surface area contributed by atoms with Crippen LogP contribution in [0.3, 0.4) is 0 Å². The maximum atomic E-state index is 5.91. The van der Waals surface area contributed by atoms with Crippen molar-refractivity contribution in [1.82, 2.24) is 0 Å². The van der Waals surface area contributed by atoms with Crippen LogP contribution in [0.5, 0.6) is 0 Å². The minimum absolute atomic E-state index is 0. The molecule has 110 valence electrons. The first kappa shape index (κ1) is 19.3. The Morgan fingerprint density at radius 2 is 1.15 bits per heavy atom. The zero-order valence-corrected chi connectivity index (χ0v) is 14.8. The van der Waals surface area contributed by atoms with Gasteiger partial charge < -0.3 is 14.9 Å². The van der Waals surface area contributed by atoms with Crippen molar-refractivity contribution in [3.63, 3.8) is 0 Å². The van der Waals surface area contributed by atoms with Crippen molar-refractivity contribution in [1.29, 1.82) is 0 Å². The molecule has 3 heteroatoms. The van der Waals surface area contributed by atoms with Gasteiger partial charge in [-0.1, -0.05) is 0 Å². The molecular weight excluding hydrogens is 376 g/mol. The SMILES string of the molecule is [CH3-].[CH3-].[Cl][Ru]([Cl])=[CH]C=C(c1ccccc1)c1ccccc1. The van der Waals surface area contributed by atoms with Gasteiger partial charge >= 0.3 is 121 Å². The first-order valence-electron chi connectivity index (χ1n) is 5.41. The van der Waals surface area contributed by atoms with Gasteiger partial charge in [0.25, 0.3) is 0 Å². The molecule has 0 aliphatic rings. The van der Waals surface area contributed by atoms with Crippen molar-refractivity contribution in [3.8, 4) is 0 Å². The van der Waals surface area contributed by atoms with E-state index in [-0.39, 0.29) is 14.9 Å². The predicted molar refractivity (Wildman–Crippen MR) is 90.6 cm³/mol. The van der Waals surface area contributed by atoms with E-state index in [2.05, 4.69) is 24.3 Å². The van der Waals surface area contributed by atoms with E-state index in [0.29, 0.717) is 0 Å². The molecule has 0 saturated carbocycles. The van der Waals surface area contributed by atoms with Crippen LogP contribution in [0.2, 0.25) is 0 Å². The van der Waals surface area contributed by atoms with Gasteiger partial charge in [-0.05, 0) is 0 Å². The Morgan fingerprint density at radius 3 is 1.50 bits per heavy atom. The average molecular weight is 394 g/mol. The summed E-state index contributed by atoms with van der Waals surface area (Å²) in [5.41, 5.74) is 3.49. The summed E-state index contributed by atoms with van der Waals surface area (Å²) in [6.45, 7) is 0. The van der Waals surface area contributed by atoms with Gasteiger partial charge in [-0.3, -0.25) is 0 Å². The summed E-state index contributed by atoms with van der Waals surface area (Å²) in [6, 6.07) is 20.5. The third kappa shape index (κ3) is 5.71. The van der Waals surface area contributed by atoms with Gasteiger partial charge in [-0.25, -0.2) is 0 Å². The Labute approximate surface area is 135 Å². The molecule has 2 rings (SSSR count). The molecule has 0 amide bonds. The monoisotopic (exact) mass is 394 g/mol. The van der Waals surface area contributed by atoms with Gasteiger partial charge in [0, 0.05) is 0 Å². The van der Waals surface area contributed by atoms with E-state index in [0.717, 1.165) is 5.57 Å². The molecule has 0 aromatic heterocycles. The fourth-order valence-electron chi connectivity index (χ4n) is 1.70. The quantitative estimate of drug-likeness (QED) is 0.460. The minimum atomic E-state index is -1.77. The number of benzene rings is 2. The molecule has 2 aromatic rings. The Balaban J connectivity index is 0.00000180. The van der Waals surface area contributed by atoms with Crippen molar-refractivity contribution >= 4 is 29.6 Å². The van der Waals surface area contributed by atoms with Gasteiger partial charge in [-0.2, -0.15) is 0 Å². The van der Waals surface area contributed by atoms with Crippen LogP contribution in [0.4, 0.5) is 0 Å². The molecule has 0 saturated heterocycles. The standard InChI is InChI=1S/C15H12.2CH3.2ClH.Ru/c1-2-15(13-9-5-3-6-10-13)14-11-7-4-8-12-14;;;;;/h1-12H;2*1H3;2*1H;/q;2*-1;;;+2/p-2. The fraction of sp³-hybridized carbons (Fsp3) is 0. The van der Waals surface area contributed by atoms with E-state index in [9.17, 15) is 0 Å². The van der Waals surface area contributed by atoms with E-state index < -0.39 is 13.5 Å². The van der Waals surface area contributed by atoms with Crippen molar-refractivity contribution in [2.75, 3.05) is 0 Å². The summed E-state index contributed by atoms with van der Waals surface area (Å²) in [6.07, 6.45) is 2.03. The van der Waals surface area contributed by atoms with Crippen LogP contribution in [0.15, 0.2) is 66.7 Å². The van der Waals surface area contributed by atoms with Crippen molar-refractivity contribution in [2.45, 2.75) is 0 Å². The van der Waals surface area contributed by atoms with Crippen LogP contribution in [0.1, 0.15) is 11.1 Å². The summed E-state index contributed by atoms with van der Waals surface area (Å²) >= 11 is -1.77. The van der Waals surface area contributed by atoms with Crippen molar-refractivity contribution in [2.24, 2.45) is 0 Å². The third-order valence-corrected chi connectivity index (χ3v) is 4.27. The van der Waals surface area contributed by atoms with Gasteiger partial charge in [0.2, 0.25) is 0 Å². The number of halogens is 2. The second-order valence-electron chi connectivity index (χ2n) is 3.64. The Bertz CT molecular complexity index is 515. The second kappa shape index (κ2) is 10.0. The predicted octanol–water partition coefficient (Wildman–Crippen LogP) is 5.75. The number of hydrogen-bond acceptors (Lipinski definition) is 0. The summed E-state index contributed by atoms with van der Waals surface area (Å²) in [4.78, 5) is 0. The molecule has 0 atom stereocenters. The van der Waals surface area contributed by atoms with Crippen LogP contribution < -0.4 is 0 Å². The van der Waals surface area contributed by atoms with Crippen molar-refractivity contribution < 1.29 is 13.5 Å². The van der Waals surface area contributed by atoms with Crippen LogP contribution in [0, 0.1) is 14.9 Å². The molecule has 0 radical (unpaired) electrons. The average Bonchev–Trinajstić information content (AvgIpc) is 2.41. The summed E-state index contributed by atoms with van der Waals surface area (Å²) < 4.78 is 1.92. The molecule has 20 heavy (non-hydrogen) atoms. The summed E-state index contributed by atoms with van der Waals surface area (Å²) in [5, 5.41) is 0. The zero-order valence-electron chi connectivity index (χ0n) is 11.5. The molecule has 0 fully saturated rings. The maximum absolute atomic E-state index is 5.91. The molecule has 0 heterocycles. The molecule has 0 nitrogen and oxygen atoms in total. The Morgan fingerprint density at radius 1 is 0.750 bits per heavy atom. The second-order valence-corrected chi connectivity index (χ2v) is 9.44. The molecule has 0 aliphatic carbocycles. The summed E-state index contributed by atoms with van der Waals surface area (Å²) in [5.74, 6) is 0. The van der Waals surface area contributed by atoms with Gasteiger partial charge in [0.1, 0.15) is 0 Å². The van der Waals surface area contributed by atoms with Crippen molar-refractivity contribution in [3.05, 3.63) is 92.7 Å². The molecule has 0 spiro atoms. The van der Waals surface area contributed by atoms with Crippen LogP contribution in [-0.4, -0.2) is 4.61 Å².